The van der Waals surface area contributed by atoms with Crippen molar-refractivity contribution >= 4 is 0 Å². The lowest BCUT2D eigenvalue weighted by molar-refractivity contribution is 0.355. The molecule has 0 aliphatic carbocycles. The van der Waals surface area contributed by atoms with Gasteiger partial charge >= 0.3 is 0 Å². The van der Waals surface area contributed by atoms with E-state index in [9.17, 15) is 0 Å². The van der Waals surface area contributed by atoms with Gasteiger partial charge in [-0.2, -0.15) is 0 Å². The summed E-state index contributed by atoms with van der Waals surface area (Å²) in [7, 11) is 0. The predicted molar refractivity (Wildman–Crippen MR) is 82.8 cm³/mol. The molecule has 0 aliphatic heterocycles. The summed E-state index contributed by atoms with van der Waals surface area (Å²) < 4.78 is 0. The summed E-state index contributed by atoms with van der Waals surface area (Å²) in [5, 5.41) is 7.14. The molecule has 0 aromatic heterocycles. The average Bonchev–Trinajstić information content (AvgIpc) is 2.26. The van der Waals surface area contributed by atoms with Gasteiger partial charge in [-0.15, -0.1) is 0 Å². The molecule has 0 saturated carbocycles. The first-order chi connectivity index (χ1) is 8.39. The van der Waals surface area contributed by atoms with Crippen molar-refractivity contribution in [2.24, 2.45) is 5.41 Å². The zero-order valence-corrected chi connectivity index (χ0v) is 13.3. The molecule has 0 saturated heterocycles. The topological polar surface area (TPSA) is 24.1 Å². The molecule has 0 amide bonds. The van der Waals surface area contributed by atoms with Crippen molar-refractivity contribution in [1.29, 1.82) is 0 Å². The van der Waals surface area contributed by atoms with Crippen LogP contribution in [0.4, 0.5) is 0 Å². The first-order valence-corrected chi connectivity index (χ1v) is 7.69. The molecule has 2 N–H and O–H groups in total. The third kappa shape index (κ3) is 11.0. The van der Waals surface area contributed by atoms with Gasteiger partial charge in [0.2, 0.25) is 0 Å². The standard InChI is InChI=1S/C16H35N2/c1-7-9-15(8-2)18-12-10-14(3)17-13-11-16(4,5)6/h14-15,17-18H,3,7-13H2,1-2,4-6H3. The van der Waals surface area contributed by atoms with Crippen LogP contribution >= 0.6 is 0 Å². The van der Waals surface area contributed by atoms with E-state index in [4.69, 9.17) is 0 Å². The Morgan fingerprint density at radius 3 is 2.17 bits per heavy atom. The number of nitrogens with one attached hydrogen (secondary N) is 2. The Bertz CT molecular complexity index is 184. The molecule has 0 heterocycles. The van der Waals surface area contributed by atoms with Gasteiger partial charge in [-0.1, -0.05) is 41.0 Å². The van der Waals surface area contributed by atoms with Gasteiger partial charge in [0.05, 0.1) is 0 Å². The molecule has 2 atom stereocenters. The van der Waals surface area contributed by atoms with Gasteiger partial charge in [-0.25, -0.2) is 0 Å². The van der Waals surface area contributed by atoms with Crippen LogP contribution in [-0.2, 0) is 0 Å². The van der Waals surface area contributed by atoms with Gasteiger partial charge in [0, 0.05) is 12.1 Å². The second kappa shape index (κ2) is 9.80. The maximum Gasteiger partial charge on any atom is 0.00797 e. The molecule has 109 valence electrons. The average molecular weight is 255 g/mol. The summed E-state index contributed by atoms with van der Waals surface area (Å²) >= 11 is 0. The van der Waals surface area contributed by atoms with Crippen LogP contribution in [0.5, 0.6) is 0 Å². The van der Waals surface area contributed by atoms with Crippen molar-refractivity contribution in [1.82, 2.24) is 10.6 Å². The summed E-state index contributed by atoms with van der Waals surface area (Å²) in [6.45, 7) is 17.7. The van der Waals surface area contributed by atoms with Crippen molar-refractivity contribution in [3.05, 3.63) is 6.92 Å². The number of hydrogen-bond donors (Lipinski definition) is 2. The minimum atomic E-state index is 0.374. The maximum atomic E-state index is 4.18. The normalized spacial score (nSPS) is 15.7. The Kier molecular flexibility index (Phi) is 9.76. The second-order valence-electron chi connectivity index (χ2n) is 6.60. The van der Waals surface area contributed by atoms with Crippen LogP contribution in [0, 0.1) is 12.3 Å². The van der Waals surface area contributed by atoms with Crippen LogP contribution < -0.4 is 10.6 Å². The highest BCUT2D eigenvalue weighted by Crippen LogP contribution is 2.17. The fourth-order valence-electron chi connectivity index (χ4n) is 2.01. The minimum Gasteiger partial charge on any atom is -0.314 e. The van der Waals surface area contributed by atoms with Crippen molar-refractivity contribution in [2.45, 2.75) is 78.8 Å². The summed E-state index contributed by atoms with van der Waals surface area (Å²) in [5.74, 6) is 0. The first kappa shape index (κ1) is 17.9. The Morgan fingerprint density at radius 2 is 1.67 bits per heavy atom. The van der Waals surface area contributed by atoms with E-state index in [-0.39, 0.29) is 0 Å². The molecule has 0 fully saturated rings. The van der Waals surface area contributed by atoms with Crippen LogP contribution in [0.1, 0.15) is 66.7 Å². The van der Waals surface area contributed by atoms with E-state index in [1.54, 1.807) is 0 Å². The van der Waals surface area contributed by atoms with Gasteiger partial charge in [0.15, 0.2) is 0 Å². The molecule has 18 heavy (non-hydrogen) atoms. The van der Waals surface area contributed by atoms with E-state index in [1.165, 1.54) is 25.7 Å². The van der Waals surface area contributed by atoms with Crippen LogP contribution in [0.3, 0.4) is 0 Å². The zero-order chi connectivity index (χ0) is 14.0. The van der Waals surface area contributed by atoms with Crippen molar-refractivity contribution in [3.63, 3.8) is 0 Å². The van der Waals surface area contributed by atoms with E-state index < -0.39 is 0 Å². The van der Waals surface area contributed by atoms with Gasteiger partial charge < -0.3 is 10.6 Å². The Morgan fingerprint density at radius 1 is 1.00 bits per heavy atom. The summed E-state index contributed by atoms with van der Waals surface area (Å²) in [4.78, 5) is 0. The van der Waals surface area contributed by atoms with Crippen molar-refractivity contribution in [3.8, 4) is 0 Å². The van der Waals surface area contributed by atoms with E-state index in [1.807, 2.05) is 0 Å². The van der Waals surface area contributed by atoms with E-state index in [0.29, 0.717) is 17.5 Å². The van der Waals surface area contributed by atoms with Crippen LogP contribution in [0.2, 0.25) is 0 Å². The lowest BCUT2D eigenvalue weighted by atomic mass is 9.92. The lowest BCUT2D eigenvalue weighted by Gasteiger charge is -2.21. The van der Waals surface area contributed by atoms with E-state index in [0.717, 1.165) is 19.5 Å². The van der Waals surface area contributed by atoms with E-state index in [2.05, 4.69) is 52.2 Å². The molecule has 0 rings (SSSR count). The zero-order valence-electron chi connectivity index (χ0n) is 13.3. The smallest absolute Gasteiger partial charge is 0.00797 e. The molecular formula is C16H35N2. The third-order valence-corrected chi connectivity index (χ3v) is 3.36. The highest BCUT2D eigenvalue weighted by Gasteiger charge is 2.10. The van der Waals surface area contributed by atoms with E-state index >= 15 is 0 Å². The van der Waals surface area contributed by atoms with Gasteiger partial charge in [-0.3, -0.25) is 0 Å². The Labute approximate surface area is 115 Å². The number of rotatable bonds is 10. The van der Waals surface area contributed by atoms with Crippen LogP contribution in [0.25, 0.3) is 0 Å². The first-order valence-electron chi connectivity index (χ1n) is 7.69. The van der Waals surface area contributed by atoms with Crippen LogP contribution in [-0.4, -0.2) is 25.2 Å². The van der Waals surface area contributed by atoms with Gasteiger partial charge in [-0.05, 0) is 51.1 Å². The maximum absolute atomic E-state index is 4.18. The van der Waals surface area contributed by atoms with Crippen LogP contribution in [0.15, 0.2) is 0 Å². The van der Waals surface area contributed by atoms with Gasteiger partial charge in [0.1, 0.15) is 0 Å². The highest BCUT2D eigenvalue weighted by molar-refractivity contribution is 4.74. The molecular weight excluding hydrogens is 220 g/mol. The lowest BCUT2D eigenvalue weighted by Crippen LogP contribution is -2.35. The molecule has 0 spiro atoms. The highest BCUT2D eigenvalue weighted by atomic mass is 14.9. The molecule has 0 aromatic carbocycles. The molecule has 0 aromatic rings. The summed E-state index contributed by atoms with van der Waals surface area (Å²) in [6.07, 6.45) is 6.11. The second-order valence-corrected chi connectivity index (χ2v) is 6.60. The minimum absolute atomic E-state index is 0.374. The molecule has 0 bridgehead atoms. The molecule has 1 radical (unpaired) electrons. The fraction of sp³-hybridized carbons (Fsp3) is 0.938. The largest absolute Gasteiger partial charge is 0.314 e. The molecule has 2 unspecified atom stereocenters. The quantitative estimate of drug-likeness (QED) is 0.621. The van der Waals surface area contributed by atoms with Crippen molar-refractivity contribution < 1.29 is 0 Å². The predicted octanol–water partition coefficient (Wildman–Crippen LogP) is 3.77. The molecule has 0 aliphatic rings. The monoisotopic (exact) mass is 255 g/mol. The fourth-order valence-corrected chi connectivity index (χ4v) is 2.01. The third-order valence-electron chi connectivity index (χ3n) is 3.36. The Balaban J connectivity index is 3.55. The Hall–Kier alpha value is -0.0800. The summed E-state index contributed by atoms with van der Waals surface area (Å²) in [6, 6.07) is 1.07. The molecule has 2 nitrogen and oxygen atoms in total. The van der Waals surface area contributed by atoms with Crippen molar-refractivity contribution in [2.75, 3.05) is 13.1 Å². The number of hydrogen-bond acceptors (Lipinski definition) is 2. The molecule has 2 heteroatoms. The SMILES string of the molecule is [CH2]C(CCNC(CC)CCC)NCCC(C)(C)C. The van der Waals surface area contributed by atoms with Gasteiger partial charge in [0.25, 0.3) is 0 Å². The summed E-state index contributed by atoms with van der Waals surface area (Å²) in [5.41, 5.74) is 0.416.